The number of hydrogen-bond acceptors (Lipinski definition) is 3. The van der Waals surface area contributed by atoms with Crippen LogP contribution in [-0.2, 0) is 9.47 Å². The Morgan fingerprint density at radius 1 is 1.53 bits per heavy atom. The maximum atomic E-state index is 9.12. The van der Waals surface area contributed by atoms with Gasteiger partial charge in [-0.15, -0.1) is 0 Å². The molecule has 4 heteroatoms. The molecule has 0 aromatic rings. The molecule has 15 heavy (non-hydrogen) atoms. The second-order valence-corrected chi connectivity index (χ2v) is 6.40. The molecule has 1 heterocycles. The number of aliphatic hydroxyl groups is 1. The maximum absolute atomic E-state index is 9.12. The van der Waals surface area contributed by atoms with Crippen molar-refractivity contribution >= 4 is 15.9 Å². The summed E-state index contributed by atoms with van der Waals surface area (Å²) in [6.45, 7) is 5.48. The summed E-state index contributed by atoms with van der Waals surface area (Å²) in [5.74, 6) is 1.26. The van der Waals surface area contributed by atoms with Gasteiger partial charge in [0.15, 0.2) is 6.29 Å². The Kier molecular flexibility index (Phi) is 3.41. The first-order chi connectivity index (χ1) is 7.05. The van der Waals surface area contributed by atoms with Gasteiger partial charge in [-0.1, -0.05) is 29.8 Å². The van der Waals surface area contributed by atoms with Crippen molar-refractivity contribution in [2.75, 3.05) is 19.8 Å². The van der Waals surface area contributed by atoms with Crippen LogP contribution in [0.2, 0.25) is 0 Å². The van der Waals surface area contributed by atoms with Crippen molar-refractivity contribution < 1.29 is 14.6 Å². The summed E-state index contributed by atoms with van der Waals surface area (Å²) in [5, 5.41) is 9.12. The quantitative estimate of drug-likeness (QED) is 0.797. The molecule has 1 saturated carbocycles. The van der Waals surface area contributed by atoms with Crippen LogP contribution in [0.3, 0.4) is 0 Å². The SMILES string of the molecule is CC(C)(CO)COC1OCCC2C(Br)C12. The van der Waals surface area contributed by atoms with Crippen LogP contribution < -0.4 is 0 Å². The lowest BCUT2D eigenvalue weighted by molar-refractivity contribution is -0.186. The standard InChI is InChI=1S/C11H19BrO3/c1-11(2,5-13)6-15-10-8-7(9(8)12)3-4-14-10/h7-10,13H,3-6H2,1-2H3. The van der Waals surface area contributed by atoms with Gasteiger partial charge in [-0.3, -0.25) is 0 Å². The van der Waals surface area contributed by atoms with Crippen LogP contribution in [-0.4, -0.2) is 36.0 Å². The lowest BCUT2D eigenvalue weighted by Crippen LogP contribution is -2.32. The zero-order chi connectivity index (χ0) is 11.1. The molecule has 3 nitrogen and oxygen atoms in total. The number of fused-ring (bicyclic) bond motifs is 1. The largest absolute Gasteiger partial charge is 0.396 e. The third-order valence-corrected chi connectivity index (χ3v) is 4.53. The Bertz CT molecular complexity index is 232. The van der Waals surface area contributed by atoms with E-state index in [9.17, 15) is 0 Å². The van der Waals surface area contributed by atoms with Crippen LogP contribution in [0.25, 0.3) is 0 Å². The first kappa shape index (κ1) is 11.8. The molecule has 2 rings (SSSR count). The van der Waals surface area contributed by atoms with Crippen LogP contribution in [0.5, 0.6) is 0 Å². The van der Waals surface area contributed by atoms with Gasteiger partial charge in [0.2, 0.25) is 0 Å². The van der Waals surface area contributed by atoms with E-state index in [2.05, 4.69) is 15.9 Å². The molecule has 4 unspecified atom stereocenters. The highest BCUT2D eigenvalue weighted by Crippen LogP contribution is 2.53. The van der Waals surface area contributed by atoms with Gasteiger partial charge in [0.1, 0.15) is 0 Å². The molecule has 4 atom stereocenters. The molecule has 1 aliphatic heterocycles. The second-order valence-electron chi connectivity index (χ2n) is 5.35. The van der Waals surface area contributed by atoms with E-state index in [0.717, 1.165) is 18.9 Å². The molecule has 1 aliphatic carbocycles. The normalized spacial score (nSPS) is 40.0. The third-order valence-electron chi connectivity index (χ3n) is 3.24. The predicted molar refractivity (Wildman–Crippen MR) is 60.9 cm³/mol. The Hall–Kier alpha value is 0.360. The Balaban J connectivity index is 1.80. The van der Waals surface area contributed by atoms with Gasteiger partial charge in [0.25, 0.3) is 0 Å². The van der Waals surface area contributed by atoms with Crippen LogP contribution in [0.15, 0.2) is 0 Å². The number of rotatable bonds is 4. The van der Waals surface area contributed by atoms with Gasteiger partial charge >= 0.3 is 0 Å². The average molecular weight is 279 g/mol. The number of halogens is 1. The minimum atomic E-state index is -0.174. The molecule has 88 valence electrons. The van der Waals surface area contributed by atoms with E-state index < -0.39 is 0 Å². The molecule has 2 aliphatic rings. The number of aliphatic hydroxyl groups excluding tert-OH is 1. The highest BCUT2D eigenvalue weighted by atomic mass is 79.9. The van der Waals surface area contributed by atoms with E-state index in [-0.39, 0.29) is 18.3 Å². The summed E-state index contributed by atoms with van der Waals surface area (Å²) >= 11 is 3.64. The molecule has 2 fully saturated rings. The Labute approximate surface area is 99.3 Å². The fourth-order valence-electron chi connectivity index (χ4n) is 2.00. The van der Waals surface area contributed by atoms with Gasteiger partial charge in [-0.25, -0.2) is 0 Å². The summed E-state index contributed by atoms with van der Waals surface area (Å²) in [7, 11) is 0. The van der Waals surface area contributed by atoms with Crippen LogP contribution in [0.4, 0.5) is 0 Å². The zero-order valence-electron chi connectivity index (χ0n) is 9.28. The molecule has 1 saturated heterocycles. The molecule has 0 amide bonds. The van der Waals surface area contributed by atoms with E-state index in [1.165, 1.54) is 0 Å². The molecule has 0 bridgehead atoms. The van der Waals surface area contributed by atoms with Crippen LogP contribution in [0.1, 0.15) is 20.3 Å². The van der Waals surface area contributed by atoms with Crippen molar-refractivity contribution in [1.82, 2.24) is 0 Å². The topological polar surface area (TPSA) is 38.7 Å². The fraction of sp³-hybridized carbons (Fsp3) is 1.00. The molecular weight excluding hydrogens is 260 g/mol. The zero-order valence-corrected chi connectivity index (χ0v) is 10.9. The number of ether oxygens (including phenoxy) is 2. The van der Waals surface area contributed by atoms with E-state index in [1.807, 2.05) is 13.8 Å². The number of alkyl halides is 1. The van der Waals surface area contributed by atoms with Crippen molar-refractivity contribution in [1.29, 1.82) is 0 Å². The lowest BCUT2D eigenvalue weighted by atomic mass is 9.96. The van der Waals surface area contributed by atoms with Crippen molar-refractivity contribution in [2.24, 2.45) is 17.3 Å². The van der Waals surface area contributed by atoms with Gasteiger partial charge in [-0.05, 0) is 12.3 Å². The van der Waals surface area contributed by atoms with E-state index >= 15 is 0 Å². The third kappa shape index (κ3) is 2.54. The fourth-order valence-corrected chi connectivity index (χ4v) is 3.09. The van der Waals surface area contributed by atoms with Crippen molar-refractivity contribution in [3.8, 4) is 0 Å². The van der Waals surface area contributed by atoms with Gasteiger partial charge in [0.05, 0.1) is 19.8 Å². The first-order valence-corrected chi connectivity index (χ1v) is 6.45. The summed E-state index contributed by atoms with van der Waals surface area (Å²) < 4.78 is 11.4. The maximum Gasteiger partial charge on any atom is 0.161 e. The molecular formula is C11H19BrO3. The molecule has 0 spiro atoms. The van der Waals surface area contributed by atoms with Gasteiger partial charge in [0, 0.05) is 16.2 Å². The van der Waals surface area contributed by atoms with Crippen molar-refractivity contribution in [3.63, 3.8) is 0 Å². The average Bonchev–Trinajstić information content (AvgIpc) is 2.88. The van der Waals surface area contributed by atoms with E-state index in [1.54, 1.807) is 0 Å². The second kappa shape index (κ2) is 4.32. The van der Waals surface area contributed by atoms with E-state index in [0.29, 0.717) is 17.4 Å². The lowest BCUT2D eigenvalue weighted by Gasteiger charge is -2.27. The summed E-state index contributed by atoms with van der Waals surface area (Å²) in [6.07, 6.45) is 1.07. The Morgan fingerprint density at radius 3 is 2.93 bits per heavy atom. The smallest absolute Gasteiger partial charge is 0.161 e. The highest BCUT2D eigenvalue weighted by molar-refractivity contribution is 9.09. The van der Waals surface area contributed by atoms with Crippen molar-refractivity contribution in [2.45, 2.75) is 31.4 Å². The molecule has 0 radical (unpaired) electrons. The summed E-state index contributed by atoms with van der Waals surface area (Å²) in [6, 6.07) is 0. The molecule has 1 N–H and O–H groups in total. The minimum absolute atomic E-state index is 0.0704. The van der Waals surface area contributed by atoms with E-state index in [4.69, 9.17) is 14.6 Å². The van der Waals surface area contributed by atoms with Crippen LogP contribution >= 0.6 is 15.9 Å². The predicted octanol–water partition coefficient (Wildman–Crippen LogP) is 1.78. The van der Waals surface area contributed by atoms with Crippen molar-refractivity contribution in [3.05, 3.63) is 0 Å². The summed E-state index contributed by atoms with van der Waals surface area (Å²) in [4.78, 5) is 0.572. The first-order valence-electron chi connectivity index (χ1n) is 5.53. The summed E-state index contributed by atoms with van der Waals surface area (Å²) in [5.41, 5.74) is -0.174. The Morgan fingerprint density at radius 2 is 2.27 bits per heavy atom. The van der Waals surface area contributed by atoms with Crippen LogP contribution in [0, 0.1) is 17.3 Å². The monoisotopic (exact) mass is 278 g/mol. The molecule has 0 aromatic heterocycles. The van der Waals surface area contributed by atoms with Gasteiger partial charge < -0.3 is 14.6 Å². The number of hydrogen-bond donors (Lipinski definition) is 1. The van der Waals surface area contributed by atoms with Gasteiger partial charge in [-0.2, -0.15) is 0 Å². The minimum Gasteiger partial charge on any atom is -0.396 e. The molecule has 0 aromatic carbocycles. The highest BCUT2D eigenvalue weighted by Gasteiger charge is 2.56.